The smallest absolute Gasteiger partial charge is 0.248 e. The molecule has 0 aliphatic heterocycles. The van der Waals surface area contributed by atoms with E-state index >= 15 is 0 Å². The molecule has 0 radical (unpaired) electrons. The van der Waals surface area contributed by atoms with Crippen LogP contribution in [-0.4, -0.2) is 5.91 Å². The topological polar surface area (TPSA) is 29.1 Å². The van der Waals surface area contributed by atoms with Crippen LogP contribution in [0.5, 0.6) is 0 Å². The summed E-state index contributed by atoms with van der Waals surface area (Å²) in [5.41, 5.74) is 1.84. The third-order valence-corrected chi connectivity index (χ3v) is 1.89. The number of benzene rings is 1. The number of anilines is 1. The van der Waals surface area contributed by atoms with Gasteiger partial charge in [0.05, 0.1) is 5.69 Å². The van der Waals surface area contributed by atoms with Crippen LogP contribution in [0.3, 0.4) is 0 Å². The zero-order chi connectivity index (χ0) is 11.4. The van der Waals surface area contributed by atoms with E-state index in [1.165, 1.54) is 12.1 Å². The average molecular weight is 207 g/mol. The number of carbonyl (C=O) groups is 1. The molecule has 1 rings (SSSR count). The van der Waals surface area contributed by atoms with E-state index in [4.69, 9.17) is 0 Å². The first kappa shape index (κ1) is 11.4. The Hall–Kier alpha value is -1.64. The largest absolute Gasteiger partial charge is 0.320 e. The van der Waals surface area contributed by atoms with Gasteiger partial charge in [0.25, 0.3) is 0 Å². The van der Waals surface area contributed by atoms with Crippen molar-refractivity contribution < 1.29 is 9.18 Å². The summed E-state index contributed by atoms with van der Waals surface area (Å²) < 4.78 is 13.3. The Balaban J connectivity index is 2.90. The number of halogens is 1. The summed E-state index contributed by atoms with van der Waals surface area (Å²) in [6.45, 7) is 5.38. The van der Waals surface area contributed by atoms with Crippen LogP contribution in [0, 0.1) is 12.7 Å². The number of hydrogen-bond donors (Lipinski definition) is 1. The Morgan fingerprint density at radius 2 is 2.07 bits per heavy atom. The average Bonchev–Trinajstić information content (AvgIpc) is 2.10. The van der Waals surface area contributed by atoms with Gasteiger partial charge in [-0.25, -0.2) is 4.39 Å². The van der Waals surface area contributed by atoms with Crippen molar-refractivity contribution in [1.82, 2.24) is 0 Å². The van der Waals surface area contributed by atoms with Crippen molar-refractivity contribution in [2.75, 3.05) is 5.32 Å². The highest BCUT2D eigenvalue weighted by molar-refractivity contribution is 6.00. The number of amides is 1. The first-order chi connectivity index (χ1) is 7.00. The first-order valence-corrected chi connectivity index (χ1v) is 4.71. The normalized spacial score (nSPS) is 9.60. The first-order valence-electron chi connectivity index (χ1n) is 4.71. The lowest BCUT2D eigenvalue weighted by molar-refractivity contribution is -0.112. The van der Waals surface area contributed by atoms with Crippen LogP contribution in [-0.2, 0) is 4.79 Å². The Labute approximate surface area is 88.8 Å². The van der Waals surface area contributed by atoms with Gasteiger partial charge in [-0.2, -0.15) is 0 Å². The number of para-hydroxylation sites is 1. The van der Waals surface area contributed by atoms with E-state index in [-0.39, 0.29) is 11.6 Å². The summed E-state index contributed by atoms with van der Waals surface area (Å²) >= 11 is 0. The van der Waals surface area contributed by atoms with Crippen molar-refractivity contribution in [1.29, 1.82) is 0 Å². The molecule has 1 amide bonds. The summed E-state index contributed by atoms with van der Waals surface area (Å²) in [6, 6.07) is 4.69. The molecule has 0 spiro atoms. The molecule has 0 unspecified atom stereocenters. The third kappa shape index (κ3) is 3.20. The minimum atomic E-state index is -0.412. The highest BCUT2D eigenvalue weighted by Gasteiger charge is 2.06. The van der Waals surface area contributed by atoms with E-state index in [0.29, 0.717) is 5.56 Å². The number of carbonyl (C=O) groups excluding carboxylic acids is 1. The molecule has 1 aromatic carbocycles. The molecule has 0 atom stereocenters. The molecule has 0 heterocycles. The molecule has 1 N–H and O–H groups in total. The molecule has 1 aromatic rings. The zero-order valence-electron chi connectivity index (χ0n) is 9.10. The minimum absolute atomic E-state index is 0.250. The van der Waals surface area contributed by atoms with Crippen LogP contribution in [0.15, 0.2) is 29.8 Å². The van der Waals surface area contributed by atoms with Gasteiger partial charge in [-0.3, -0.25) is 4.79 Å². The van der Waals surface area contributed by atoms with Gasteiger partial charge in [-0.1, -0.05) is 17.7 Å². The van der Waals surface area contributed by atoms with Gasteiger partial charge < -0.3 is 5.32 Å². The van der Waals surface area contributed by atoms with E-state index in [1.807, 2.05) is 13.8 Å². The van der Waals surface area contributed by atoms with Gasteiger partial charge in [-0.15, -0.1) is 0 Å². The van der Waals surface area contributed by atoms with E-state index in [2.05, 4.69) is 5.32 Å². The quantitative estimate of drug-likeness (QED) is 0.742. The lowest BCUT2D eigenvalue weighted by Gasteiger charge is -2.07. The monoisotopic (exact) mass is 207 g/mol. The summed E-state index contributed by atoms with van der Waals surface area (Å²) in [6.07, 6.45) is 1.44. The standard InChI is InChI=1S/C12H14FNO/c1-8(2)7-11(15)14-12-9(3)5-4-6-10(12)13/h4-7H,1-3H3,(H,14,15). The number of nitrogens with one attached hydrogen (secondary N) is 1. The van der Waals surface area contributed by atoms with Gasteiger partial charge >= 0.3 is 0 Å². The fourth-order valence-electron chi connectivity index (χ4n) is 1.21. The number of allylic oxidation sites excluding steroid dienone is 1. The minimum Gasteiger partial charge on any atom is -0.320 e. The maximum atomic E-state index is 13.3. The van der Waals surface area contributed by atoms with Crippen molar-refractivity contribution in [2.24, 2.45) is 0 Å². The molecule has 15 heavy (non-hydrogen) atoms. The predicted octanol–water partition coefficient (Wildman–Crippen LogP) is 3.04. The van der Waals surface area contributed by atoms with Crippen molar-refractivity contribution >= 4 is 11.6 Å². The summed E-state index contributed by atoms with van der Waals surface area (Å²) in [5, 5.41) is 2.52. The van der Waals surface area contributed by atoms with Crippen LogP contribution in [0.2, 0.25) is 0 Å². The second-order valence-corrected chi connectivity index (χ2v) is 3.64. The summed E-state index contributed by atoms with van der Waals surface area (Å²) in [5.74, 6) is -0.714. The Bertz CT molecular complexity index is 386. The molecule has 3 heteroatoms. The van der Waals surface area contributed by atoms with E-state index in [1.54, 1.807) is 19.1 Å². The molecular formula is C12H14FNO. The Morgan fingerprint density at radius 1 is 1.40 bits per heavy atom. The maximum Gasteiger partial charge on any atom is 0.248 e. The molecule has 0 aromatic heterocycles. The molecule has 0 aliphatic rings. The van der Waals surface area contributed by atoms with E-state index in [9.17, 15) is 9.18 Å². The Morgan fingerprint density at radius 3 is 2.60 bits per heavy atom. The van der Waals surface area contributed by atoms with Gasteiger partial charge in [0.1, 0.15) is 5.82 Å². The van der Waals surface area contributed by atoms with Crippen LogP contribution in [0.25, 0.3) is 0 Å². The molecular weight excluding hydrogens is 193 g/mol. The second kappa shape index (κ2) is 4.73. The lowest BCUT2D eigenvalue weighted by atomic mass is 10.2. The van der Waals surface area contributed by atoms with E-state index in [0.717, 1.165) is 5.57 Å². The maximum absolute atomic E-state index is 13.3. The van der Waals surface area contributed by atoms with Gasteiger partial charge in [0, 0.05) is 6.08 Å². The third-order valence-electron chi connectivity index (χ3n) is 1.89. The molecule has 0 saturated heterocycles. The van der Waals surface area contributed by atoms with Crippen molar-refractivity contribution in [2.45, 2.75) is 20.8 Å². The highest BCUT2D eigenvalue weighted by Crippen LogP contribution is 2.18. The molecule has 0 saturated carbocycles. The predicted molar refractivity (Wildman–Crippen MR) is 59.2 cm³/mol. The van der Waals surface area contributed by atoms with Crippen molar-refractivity contribution in [3.63, 3.8) is 0 Å². The zero-order valence-corrected chi connectivity index (χ0v) is 9.10. The highest BCUT2D eigenvalue weighted by atomic mass is 19.1. The van der Waals surface area contributed by atoms with Crippen LogP contribution in [0.4, 0.5) is 10.1 Å². The van der Waals surface area contributed by atoms with Crippen LogP contribution in [0.1, 0.15) is 19.4 Å². The van der Waals surface area contributed by atoms with E-state index < -0.39 is 5.82 Å². The fourth-order valence-corrected chi connectivity index (χ4v) is 1.21. The van der Waals surface area contributed by atoms with Crippen LogP contribution < -0.4 is 5.32 Å². The Kier molecular flexibility index (Phi) is 3.61. The molecule has 0 bridgehead atoms. The van der Waals surface area contributed by atoms with Gasteiger partial charge in [0.15, 0.2) is 0 Å². The molecule has 0 aliphatic carbocycles. The van der Waals surface area contributed by atoms with Gasteiger partial charge in [0.2, 0.25) is 5.91 Å². The SMILES string of the molecule is CC(C)=CC(=O)Nc1c(C)cccc1F. The fraction of sp³-hybridized carbons (Fsp3) is 0.250. The number of hydrogen-bond acceptors (Lipinski definition) is 1. The lowest BCUT2D eigenvalue weighted by Crippen LogP contribution is -2.11. The van der Waals surface area contributed by atoms with Crippen LogP contribution >= 0.6 is 0 Å². The van der Waals surface area contributed by atoms with Crippen molar-refractivity contribution in [3.05, 3.63) is 41.2 Å². The summed E-state index contributed by atoms with van der Waals surface area (Å²) in [4.78, 5) is 11.4. The van der Waals surface area contributed by atoms with Gasteiger partial charge in [-0.05, 0) is 32.4 Å². The number of aryl methyl sites for hydroxylation is 1. The molecule has 0 fully saturated rings. The van der Waals surface area contributed by atoms with Crippen molar-refractivity contribution in [3.8, 4) is 0 Å². The molecule has 80 valence electrons. The number of rotatable bonds is 2. The summed E-state index contributed by atoms with van der Waals surface area (Å²) in [7, 11) is 0. The second-order valence-electron chi connectivity index (χ2n) is 3.64. The molecule has 2 nitrogen and oxygen atoms in total.